The number of carbonyl (C=O) groups is 1. The highest BCUT2D eigenvalue weighted by Crippen LogP contribution is 2.37. The van der Waals surface area contributed by atoms with Gasteiger partial charge in [-0.1, -0.05) is 48.5 Å². The molecule has 1 aliphatic heterocycles. The molecule has 2 heterocycles. The van der Waals surface area contributed by atoms with E-state index in [4.69, 9.17) is 0 Å². The molecule has 0 N–H and O–H groups in total. The molecule has 1 unspecified atom stereocenters. The lowest BCUT2D eigenvalue weighted by atomic mass is 10.1. The molecule has 1 fully saturated rings. The predicted molar refractivity (Wildman–Crippen MR) is 124 cm³/mol. The van der Waals surface area contributed by atoms with Crippen molar-refractivity contribution in [2.24, 2.45) is 0 Å². The Labute approximate surface area is 192 Å². The number of carbonyl (C=O) groups excluding carboxylic acids is 1. The summed E-state index contributed by atoms with van der Waals surface area (Å²) in [5.41, 5.74) is 1.69. The predicted octanol–water partition coefficient (Wildman–Crippen LogP) is 4.31. The van der Waals surface area contributed by atoms with Crippen molar-refractivity contribution in [1.82, 2.24) is 24.6 Å². The van der Waals surface area contributed by atoms with Gasteiger partial charge in [0.25, 0.3) is 0 Å². The normalized spacial score (nSPS) is 15.5. The average Bonchev–Trinajstić information content (AvgIpc) is 3.20. The van der Waals surface area contributed by atoms with Crippen molar-refractivity contribution in [3.05, 3.63) is 71.8 Å². The number of halogens is 1. The summed E-state index contributed by atoms with van der Waals surface area (Å²) in [6, 6.07) is 16.0. The first-order valence-electron chi connectivity index (χ1n) is 10.9. The molecule has 1 atom stereocenters. The highest BCUT2D eigenvalue weighted by molar-refractivity contribution is 8.00. The third-order valence-corrected chi connectivity index (χ3v) is 6.77. The van der Waals surface area contributed by atoms with Gasteiger partial charge in [0, 0.05) is 19.8 Å². The number of amides is 1. The number of benzene rings is 2. The van der Waals surface area contributed by atoms with Crippen molar-refractivity contribution >= 4 is 17.7 Å². The second-order valence-electron chi connectivity index (χ2n) is 8.19. The quantitative estimate of drug-likeness (QED) is 0.499. The van der Waals surface area contributed by atoms with E-state index in [0.29, 0.717) is 11.7 Å². The molecule has 4 rings (SSSR count). The number of aromatic nitrogens is 3. The minimum Gasteiger partial charge on any atom is -0.348 e. The highest BCUT2D eigenvalue weighted by Gasteiger charge is 2.28. The van der Waals surface area contributed by atoms with E-state index in [9.17, 15) is 9.18 Å². The van der Waals surface area contributed by atoms with E-state index < -0.39 is 5.25 Å². The van der Waals surface area contributed by atoms with E-state index in [-0.39, 0.29) is 11.7 Å². The van der Waals surface area contributed by atoms with Crippen molar-refractivity contribution in [3.63, 3.8) is 0 Å². The van der Waals surface area contributed by atoms with E-state index in [2.05, 4.69) is 15.1 Å². The van der Waals surface area contributed by atoms with Crippen LogP contribution in [0.25, 0.3) is 5.69 Å². The summed E-state index contributed by atoms with van der Waals surface area (Å²) in [4.78, 5) is 17.0. The van der Waals surface area contributed by atoms with Crippen molar-refractivity contribution in [1.29, 1.82) is 0 Å². The van der Waals surface area contributed by atoms with E-state index in [1.54, 1.807) is 31.1 Å². The fraction of sp³-hybridized carbons (Fsp3) is 0.375. The van der Waals surface area contributed by atoms with Crippen LogP contribution in [0, 0.1) is 5.82 Å². The van der Waals surface area contributed by atoms with E-state index >= 15 is 0 Å². The van der Waals surface area contributed by atoms with Gasteiger partial charge >= 0.3 is 0 Å². The van der Waals surface area contributed by atoms with Crippen LogP contribution in [0.3, 0.4) is 0 Å². The van der Waals surface area contributed by atoms with E-state index in [1.165, 1.54) is 43.2 Å². The molecule has 1 aliphatic rings. The van der Waals surface area contributed by atoms with Gasteiger partial charge in [0.15, 0.2) is 11.0 Å². The summed E-state index contributed by atoms with van der Waals surface area (Å²) in [7, 11) is 3.51. The Balaban J connectivity index is 1.71. The van der Waals surface area contributed by atoms with Gasteiger partial charge in [-0.15, -0.1) is 10.2 Å². The maximum Gasteiger partial charge on any atom is 0.240 e. The van der Waals surface area contributed by atoms with E-state index in [0.717, 1.165) is 30.2 Å². The van der Waals surface area contributed by atoms with Crippen LogP contribution in [-0.4, -0.2) is 57.7 Å². The summed E-state index contributed by atoms with van der Waals surface area (Å²) in [6.07, 6.45) is 3.62. The number of hydrogen-bond acceptors (Lipinski definition) is 5. The number of likely N-dealkylation sites (N-methyl/N-ethyl adjacent to an activating group) is 1. The molecule has 1 aromatic heterocycles. The third-order valence-electron chi connectivity index (χ3n) is 5.59. The lowest BCUT2D eigenvalue weighted by molar-refractivity contribution is -0.128. The smallest absolute Gasteiger partial charge is 0.240 e. The van der Waals surface area contributed by atoms with Gasteiger partial charge in [0.1, 0.15) is 11.1 Å². The van der Waals surface area contributed by atoms with Crippen LogP contribution in [0.4, 0.5) is 4.39 Å². The summed E-state index contributed by atoms with van der Waals surface area (Å²) in [5.74, 6) is 0.483. The zero-order chi connectivity index (χ0) is 22.5. The number of thioether (sulfide) groups is 1. The van der Waals surface area contributed by atoms with Crippen molar-refractivity contribution < 1.29 is 9.18 Å². The monoisotopic (exact) mass is 453 g/mol. The third kappa shape index (κ3) is 5.19. The summed E-state index contributed by atoms with van der Waals surface area (Å²) < 4.78 is 15.6. The average molecular weight is 454 g/mol. The van der Waals surface area contributed by atoms with Gasteiger partial charge in [-0.3, -0.25) is 14.3 Å². The molecule has 32 heavy (non-hydrogen) atoms. The summed E-state index contributed by atoms with van der Waals surface area (Å²) in [5, 5.41) is 9.12. The minimum atomic E-state index is -0.461. The molecule has 0 spiro atoms. The number of nitrogens with zero attached hydrogens (tertiary/aromatic N) is 5. The molecule has 168 valence electrons. The maximum atomic E-state index is 13.6. The zero-order valence-corrected chi connectivity index (χ0v) is 19.3. The molecule has 0 bridgehead atoms. The molecule has 8 heteroatoms. The van der Waals surface area contributed by atoms with Crippen molar-refractivity contribution in [2.75, 3.05) is 27.2 Å². The number of rotatable bonds is 7. The molecule has 1 amide bonds. The molecule has 1 saturated heterocycles. The Bertz CT molecular complexity index is 1030. The molecule has 0 radical (unpaired) electrons. The number of piperidine rings is 1. The lowest BCUT2D eigenvalue weighted by Crippen LogP contribution is -2.30. The van der Waals surface area contributed by atoms with Crippen LogP contribution in [-0.2, 0) is 11.3 Å². The number of likely N-dealkylation sites (tertiary alicyclic amines) is 1. The SMILES string of the molecule is CN(C)C(=O)C(Sc1nnc(CN2CCCCC2)n1-c1ccc(F)cc1)c1ccccc1. The molecule has 0 aliphatic carbocycles. The van der Waals surface area contributed by atoms with Crippen LogP contribution in [0.2, 0.25) is 0 Å². The first kappa shape index (κ1) is 22.5. The lowest BCUT2D eigenvalue weighted by Gasteiger charge is -2.26. The second-order valence-corrected chi connectivity index (χ2v) is 9.26. The van der Waals surface area contributed by atoms with E-state index in [1.807, 2.05) is 34.9 Å². The first-order valence-corrected chi connectivity index (χ1v) is 11.8. The molecule has 2 aromatic carbocycles. The molecule has 6 nitrogen and oxygen atoms in total. The van der Waals surface area contributed by atoms with Gasteiger partial charge in [-0.25, -0.2) is 4.39 Å². The fourth-order valence-electron chi connectivity index (χ4n) is 3.87. The van der Waals surface area contributed by atoms with Crippen LogP contribution in [0.15, 0.2) is 59.8 Å². The maximum absolute atomic E-state index is 13.6. The van der Waals surface area contributed by atoms with Crippen molar-refractivity contribution in [2.45, 2.75) is 36.2 Å². The zero-order valence-electron chi connectivity index (χ0n) is 18.4. The molecule has 3 aromatic rings. The fourth-order valence-corrected chi connectivity index (χ4v) is 5.09. The molecular formula is C24H28FN5OS. The van der Waals surface area contributed by atoms with Gasteiger partial charge in [0.2, 0.25) is 5.91 Å². The number of hydrogen-bond donors (Lipinski definition) is 0. The van der Waals surface area contributed by atoms with Gasteiger partial charge in [-0.2, -0.15) is 0 Å². The first-order chi connectivity index (χ1) is 15.5. The largest absolute Gasteiger partial charge is 0.348 e. The molecular weight excluding hydrogens is 425 g/mol. The van der Waals surface area contributed by atoms with Gasteiger partial charge in [0.05, 0.1) is 6.54 Å². The Morgan fingerprint density at radius 1 is 1.03 bits per heavy atom. The van der Waals surface area contributed by atoms with Gasteiger partial charge < -0.3 is 4.90 Å². The van der Waals surface area contributed by atoms with Crippen LogP contribution in [0.5, 0.6) is 0 Å². The topological polar surface area (TPSA) is 54.3 Å². The minimum absolute atomic E-state index is 0.0209. The Kier molecular flexibility index (Phi) is 7.22. The van der Waals surface area contributed by atoms with Crippen molar-refractivity contribution in [3.8, 4) is 5.69 Å². The Morgan fingerprint density at radius 3 is 2.38 bits per heavy atom. The highest BCUT2D eigenvalue weighted by atomic mass is 32.2. The second kappa shape index (κ2) is 10.3. The molecule has 0 saturated carbocycles. The van der Waals surface area contributed by atoms with Crippen LogP contribution >= 0.6 is 11.8 Å². The summed E-state index contributed by atoms with van der Waals surface area (Å²) in [6.45, 7) is 2.73. The van der Waals surface area contributed by atoms with Crippen LogP contribution in [0.1, 0.15) is 35.9 Å². The summed E-state index contributed by atoms with van der Waals surface area (Å²) >= 11 is 1.37. The Hall–Kier alpha value is -2.71. The Morgan fingerprint density at radius 2 is 1.72 bits per heavy atom. The standard InChI is InChI=1S/C24H28FN5OS/c1-28(2)23(31)22(18-9-5-3-6-10-18)32-24-27-26-21(17-29-15-7-4-8-16-29)30(24)20-13-11-19(25)12-14-20/h3,5-6,9-14,22H,4,7-8,15-17H2,1-2H3. The van der Waals surface area contributed by atoms with Gasteiger partial charge in [-0.05, 0) is 55.8 Å². The van der Waals surface area contributed by atoms with Crippen LogP contribution < -0.4 is 0 Å².